The molecule has 0 amide bonds. The van der Waals surface area contributed by atoms with Gasteiger partial charge in [0.25, 0.3) is 0 Å². The highest BCUT2D eigenvalue weighted by molar-refractivity contribution is 9.09. The Morgan fingerprint density at radius 2 is 1.10 bits per heavy atom. The SMILES string of the molecule is O=C(CCCOC(=O)CC(=O)OCCCBr)OCc1cc(OCc2ccccc2)cc(OCc2ccccc2)c1. The van der Waals surface area contributed by atoms with Crippen LogP contribution in [0.4, 0.5) is 0 Å². The molecule has 0 spiro atoms. The molecule has 3 aromatic carbocycles. The van der Waals surface area contributed by atoms with E-state index in [-0.39, 0.29) is 32.7 Å². The molecule has 0 N–H and O–H groups in total. The van der Waals surface area contributed by atoms with Crippen molar-refractivity contribution in [3.05, 3.63) is 95.6 Å². The second-order valence-corrected chi connectivity index (χ2v) is 9.58. The molecule has 0 atom stereocenters. The Labute approximate surface area is 242 Å². The number of rotatable bonds is 17. The summed E-state index contributed by atoms with van der Waals surface area (Å²) in [5.41, 5.74) is 2.77. The summed E-state index contributed by atoms with van der Waals surface area (Å²) in [5.74, 6) is -0.566. The van der Waals surface area contributed by atoms with Gasteiger partial charge in [0.05, 0.1) is 13.2 Å². The molecule has 0 unspecified atom stereocenters. The second kappa shape index (κ2) is 17.7. The van der Waals surface area contributed by atoms with Crippen LogP contribution in [0, 0.1) is 0 Å². The number of ether oxygens (including phenoxy) is 5. The van der Waals surface area contributed by atoms with E-state index in [1.165, 1.54) is 0 Å². The lowest BCUT2D eigenvalue weighted by Gasteiger charge is -2.13. The van der Waals surface area contributed by atoms with Gasteiger partial charge in [-0.3, -0.25) is 14.4 Å². The number of halogens is 1. The molecule has 3 aromatic rings. The van der Waals surface area contributed by atoms with E-state index in [0.717, 1.165) is 11.1 Å². The first-order chi connectivity index (χ1) is 19.5. The Morgan fingerprint density at radius 3 is 1.62 bits per heavy atom. The molecular formula is C31H33BrO8. The molecule has 3 rings (SSSR count). The molecule has 0 aliphatic heterocycles. The van der Waals surface area contributed by atoms with E-state index in [4.69, 9.17) is 23.7 Å². The molecule has 0 fully saturated rings. The van der Waals surface area contributed by atoms with E-state index >= 15 is 0 Å². The number of alkyl halides is 1. The maximum atomic E-state index is 12.3. The van der Waals surface area contributed by atoms with Crippen LogP contribution in [-0.2, 0) is 48.4 Å². The van der Waals surface area contributed by atoms with Crippen LogP contribution in [0.2, 0.25) is 0 Å². The fraction of sp³-hybridized carbons (Fsp3) is 0.323. The van der Waals surface area contributed by atoms with Crippen LogP contribution in [0.5, 0.6) is 11.5 Å². The first-order valence-corrected chi connectivity index (χ1v) is 14.1. The van der Waals surface area contributed by atoms with Crippen LogP contribution in [-0.4, -0.2) is 36.5 Å². The average molecular weight is 614 g/mol. The van der Waals surface area contributed by atoms with Crippen molar-refractivity contribution in [2.24, 2.45) is 0 Å². The molecule has 8 nitrogen and oxygen atoms in total. The third-order valence-corrected chi connectivity index (χ3v) is 6.02. The topological polar surface area (TPSA) is 97.4 Å². The zero-order valence-corrected chi connectivity index (χ0v) is 23.8. The Kier molecular flexibility index (Phi) is 13.6. The Bertz CT molecular complexity index is 1140. The van der Waals surface area contributed by atoms with Gasteiger partial charge in [-0.05, 0) is 41.7 Å². The van der Waals surface area contributed by atoms with Crippen molar-refractivity contribution in [1.29, 1.82) is 0 Å². The lowest BCUT2D eigenvalue weighted by atomic mass is 10.2. The van der Waals surface area contributed by atoms with Gasteiger partial charge >= 0.3 is 17.9 Å². The molecule has 0 bridgehead atoms. The van der Waals surface area contributed by atoms with Gasteiger partial charge in [-0.2, -0.15) is 0 Å². The number of esters is 3. The highest BCUT2D eigenvalue weighted by Crippen LogP contribution is 2.25. The minimum absolute atomic E-state index is 0.00288. The standard InChI is InChI=1S/C31H33BrO8/c32-14-8-16-37-31(35)20-30(34)36-15-7-13-29(33)40-23-26-17-27(38-21-24-9-3-1-4-10-24)19-28(18-26)39-22-25-11-5-2-6-12-25/h1-6,9-12,17-19H,7-8,13-16,20-23H2. The summed E-state index contributed by atoms with van der Waals surface area (Å²) in [7, 11) is 0. The highest BCUT2D eigenvalue weighted by Gasteiger charge is 2.13. The van der Waals surface area contributed by atoms with Gasteiger partial charge < -0.3 is 23.7 Å². The fourth-order valence-electron chi connectivity index (χ4n) is 3.46. The second-order valence-electron chi connectivity index (χ2n) is 8.79. The smallest absolute Gasteiger partial charge is 0.317 e. The average Bonchev–Trinajstić information content (AvgIpc) is 2.97. The van der Waals surface area contributed by atoms with Crippen molar-refractivity contribution in [2.45, 2.75) is 45.5 Å². The Hall–Kier alpha value is -3.85. The molecule has 0 radical (unpaired) electrons. The van der Waals surface area contributed by atoms with Crippen LogP contribution in [0.3, 0.4) is 0 Å². The Balaban J connectivity index is 1.47. The lowest BCUT2D eigenvalue weighted by molar-refractivity contribution is -0.155. The predicted molar refractivity (Wildman–Crippen MR) is 152 cm³/mol. The molecule has 0 saturated carbocycles. The minimum atomic E-state index is -0.687. The van der Waals surface area contributed by atoms with Crippen molar-refractivity contribution in [2.75, 3.05) is 18.5 Å². The quantitative estimate of drug-likeness (QED) is 0.0608. The summed E-state index contributed by atoms with van der Waals surface area (Å²) in [6, 6.07) is 25.0. The number of hydrogen-bond donors (Lipinski definition) is 0. The van der Waals surface area contributed by atoms with Gasteiger partial charge in [0, 0.05) is 17.8 Å². The highest BCUT2D eigenvalue weighted by atomic mass is 79.9. The molecule has 0 aliphatic carbocycles. The van der Waals surface area contributed by atoms with E-state index in [1.807, 2.05) is 78.9 Å². The van der Waals surface area contributed by atoms with Gasteiger partial charge in [-0.25, -0.2) is 0 Å². The van der Waals surface area contributed by atoms with Gasteiger partial charge in [-0.1, -0.05) is 76.6 Å². The van der Waals surface area contributed by atoms with E-state index in [1.54, 1.807) is 0 Å². The zero-order chi connectivity index (χ0) is 28.4. The van der Waals surface area contributed by atoms with E-state index < -0.39 is 24.3 Å². The van der Waals surface area contributed by atoms with E-state index in [0.29, 0.717) is 42.0 Å². The molecule has 9 heteroatoms. The van der Waals surface area contributed by atoms with Gasteiger partial charge in [0.1, 0.15) is 37.7 Å². The summed E-state index contributed by atoms with van der Waals surface area (Å²) >= 11 is 3.23. The van der Waals surface area contributed by atoms with E-state index in [2.05, 4.69) is 15.9 Å². The molecule has 0 saturated heterocycles. The molecule has 0 heterocycles. The predicted octanol–water partition coefficient (Wildman–Crippen LogP) is 5.93. The maximum Gasteiger partial charge on any atom is 0.317 e. The van der Waals surface area contributed by atoms with Crippen LogP contribution < -0.4 is 9.47 Å². The van der Waals surface area contributed by atoms with Crippen molar-refractivity contribution < 1.29 is 38.1 Å². The van der Waals surface area contributed by atoms with Gasteiger partial charge in [0.2, 0.25) is 0 Å². The molecule has 212 valence electrons. The molecular weight excluding hydrogens is 580 g/mol. The van der Waals surface area contributed by atoms with Gasteiger partial charge in [-0.15, -0.1) is 0 Å². The lowest BCUT2D eigenvalue weighted by Crippen LogP contribution is -2.15. The summed E-state index contributed by atoms with van der Waals surface area (Å²) in [5, 5.41) is 0.706. The largest absolute Gasteiger partial charge is 0.489 e. The number of benzene rings is 3. The first-order valence-electron chi connectivity index (χ1n) is 13.0. The third-order valence-electron chi connectivity index (χ3n) is 5.45. The summed E-state index contributed by atoms with van der Waals surface area (Å²) in [6.07, 6.45) is 0.541. The van der Waals surface area contributed by atoms with Crippen molar-refractivity contribution >= 4 is 33.8 Å². The van der Waals surface area contributed by atoms with Crippen molar-refractivity contribution in [3.8, 4) is 11.5 Å². The summed E-state index contributed by atoms with van der Waals surface area (Å²) < 4.78 is 27.3. The fourth-order valence-corrected chi connectivity index (χ4v) is 3.69. The van der Waals surface area contributed by atoms with Crippen LogP contribution in [0.15, 0.2) is 78.9 Å². The minimum Gasteiger partial charge on any atom is -0.489 e. The van der Waals surface area contributed by atoms with Gasteiger partial charge in [0.15, 0.2) is 0 Å². The third kappa shape index (κ3) is 12.3. The van der Waals surface area contributed by atoms with Crippen LogP contribution in [0.1, 0.15) is 42.4 Å². The normalized spacial score (nSPS) is 10.4. The maximum absolute atomic E-state index is 12.3. The summed E-state index contributed by atoms with van der Waals surface area (Å²) in [4.78, 5) is 35.5. The Morgan fingerprint density at radius 1 is 0.575 bits per heavy atom. The molecule has 0 aromatic heterocycles. The van der Waals surface area contributed by atoms with Crippen LogP contribution >= 0.6 is 15.9 Å². The monoisotopic (exact) mass is 612 g/mol. The molecule has 0 aliphatic rings. The van der Waals surface area contributed by atoms with E-state index in [9.17, 15) is 14.4 Å². The first kappa shape index (κ1) is 30.7. The zero-order valence-electron chi connectivity index (χ0n) is 22.2. The van der Waals surface area contributed by atoms with Crippen molar-refractivity contribution in [3.63, 3.8) is 0 Å². The summed E-state index contributed by atoms with van der Waals surface area (Å²) in [6.45, 7) is 1.04. The molecule has 40 heavy (non-hydrogen) atoms. The van der Waals surface area contributed by atoms with Crippen LogP contribution in [0.25, 0.3) is 0 Å². The number of carbonyl (C=O) groups is 3. The van der Waals surface area contributed by atoms with Crippen molar-refractivity contribution in [1.82, 2.24) is 0 Å². The number of hydrogen-bond acceptors (Lipinski definition) is 8. The number of carbonyl (C=O) groups excluding carboxylic acids is 3.